The highest BCUT2D eigenvalue weighted by atomic mass is 32.2. The second kappa shape index (κ2) is 7.99. The van der Waals surface area contributed by atoms with E-state index in [1.807, 2.05) is 6.08 Å². The zero-order valence-electron chi connectivity index (χ0n) is 10.3. The van der Waals surface area contributed by atoms with E-state index in [1.165, 1.54) is 11.5 Å². The summed E-state index contributed by atoms with van der Waals surface area (Å²) in [5, 5.41) is 3.82. The first-order valence-electron chi connectivity index (χ1n) is 5.55. The van der Waals surface area contributed by atoms with Crippen LogP contribution in [0, 0.1) is 0 Å². The van der Waals surface area contributed by atoms with Crippen LogP contribution in [0.15, 0.2) is 12.7 Å². The quantitative estimate of drug-likeness (QED) is 0.434. The summed E-state index contributed by atoms with van der Waals surface area (Å²) in [6.07, 6.45) is 1.86. The summed E-state index contributed by atoms with van der Waals surface area (Å²) in [4.78, 5) is 11.7. The molecule has 0 bridgehead atoms. The predicted octanol–water partition coefficient (Wildman–Crippen LogP) is 2.23. The molecule has 1 rings (SSSR count). The average Bonchev–Trinajstić information content (AvgIpc) is 2.71. The fourth-order valence-electron chi connectivity index (χ4n) is 1.23. The molecule has 0 saturated carbocycles. The molecule has 3 N–H and O–H groups in total. The lowest BCUT2D eigenvalue weighted by atomic mass is 10.3. The van der Waals surface area contributed by atoms with Crippen LogP contribution < -0.4 is 11.1 Å². The van der Waals surface area contributed by atoms with E-state index >= 15 is 0 Å². The number of aromatic nitrogens is 1. The van der Waals surface area contributed by atoms with Crippen LogP contribution in [0.2, 0.25) is 0 Å². The van der Waals surface area contributed by atoms with Crippen molar-refractivity contribution in [3.63, 3.8) is 0 Å². The van der Waals surface area contributed by atoms with E-state index in [-0.39, 0.29) is 5.82 Å². The molecule has 7 heteroatoms. The maximum atomic E-state index is 11.7. The van der Waals surface area contributed by atoms with Gasteiger partial charge in [0, 0.05) is 18.1 Å². The lowest BCUT2D eigenvalue weighted by Crippen LogP contribution is -2.11. The van der Waals surface area contributed by atoms with Gasteiger partial charge in [0.25, 0.3) is 0 Å². The third-order valence-electron chi connectivity index (χ3n) is 1.97. The number of nitrogens with zero attached hydrogens (tertiary/aromatic N) is 1. The topological polar surface area (TPSA) is 77.2 Å². The van der Waals surface area contributed by atoms with Crippen LogP contribution in [0.4, 0.5) is 10.8 Å². The Hall–Kier alpha value is -1.21. The monoisotopic (exact) mass is 287 g/mol. The number of nitrogens with two attached hydrogens (primary N) is 1. The van der Waals surface area contributed by atoms with Gasteiger partial charge in [-0.05, 0) is 18.5 Å². The highest BCUT2D eigenvalue weighted by Crippen LogP contribution is 2.27. The van der Waals surface area contributed by atoms with Crippen molar-refractivity contribution in [3.8, 4) is 0 Å². The van der Waals surface area contributed by atoms with Gasteiger partial charge >= 0.3 is 5.97 Å². The molecule has 0 saturated heterocycles. The number of nitrogen functional groups attached to an aromatic ring is 1. The molecule has 0 unspecified atom stereocenters. The van der Waals surface area contributed by atoms with Crippen molar-refractivity contribution < 1.29 is 9.53 Å². The number of esters is 1. The first kappa shape index (κ1) is 14.8. The number of hydrogen-bond acceptors (Lipinski definition) is 7. The molecule has 0 fully saturated rings. The Bertz CT molecular complexity index is 407. The van der Waals surface area contributed by atoms with Gasteiger partial charge in [0.15, 0.2) is 5.82 Å². The molecule has 0 aliphatic heterocycles. The Morgan fingerprint density at radius 2 is 2.50 bits per heavy atom. The minimum Gasteiger partial charge on any atom is -0.462 e. The third-order valence-corrected chi connectivity index (χ3v) is 3.75. The van der Waals surface area contributed by atoms with E-state index in [1.54, 1.807) is 18.7 Å². The molecule has 0 aliphatic rings. The fourth-order valence-corrected chi connectivity index (χ4v) is 2.53. The van der Waals surface area contributed by atoms with Crippen molar-refractivity contribution in [1.82, 2.24) is 4.37 Å². The van der Waals surface area contributed by atoms with Crippen LogP contribution in [-0.2, 0) is 4.74 Å². The van der Waals surface area contributed by atoms with Gasteiger partial charge in [0.2, 0.25) is 0 Å². The molecule has 100 valence electrons. The molecule has 0 atom stereocenters. The zero-order chi connectivity index (χ0) is 13.4. The van der Waals surface area contributed by atoms with Gasteiger partial charge in [-0.25, -0.2) is 4.79 Å². The van der Waals surface area contributed by atoms with E-state index in [2.05, 4.69) is 16.3 Å². The Kier molecular flexibility index (Phi) is 6.59. The van der Waals surface area contributed by atoms with E-state index < -0.39 is 5.97 Å². The lowest BCUT2D eigenvalue weighted by molar-refractivity contribution is 0.0529. The largest absolute Gasteiger partial charge is 0.462 e. The summed E-state index contributed by atoms with van der Waals surface area (Å²) in [6, 6.07) is 0. The maximum Gasteiger partial charge on any atom is 0.344 e. The van der Waals surface area contributed by atoms with Gasteiger partial charge in [0.1, 0.15) is 10.6 Å². The van der Waals surface area contributed by atoms with E-state index in [9.17, 15) is 4.79 Å². The van der Waals surface area contributed by atoms with Gasteiger partial charge < -0.3 is 15.8 Å². The second-order valence-electron chi connectivity index (χ2n) is 3.28. The lowest BCUT2D eigenvalue weighted by Gasteiger charge is -2.06. The molecule has 5 nitrogen and oxygen atoms in total. The zero-order valence-corrected chi connectivity index (χ0v) is 11.9. The number of thioether (sulfide) groups is 1. The Morgan fingerprint density at radius 3 is 3.17 bits per heavy atom. The summed E-state index contributed by atoms with van der Waals surface area (Å²) >= 11 is 2.94. The predicted molar refractivity (Wildman–Crippen MR) is 78.5 cm³/mol. The van der Waals surface area contributed by atoms with E-state index in [0.717, 1.165) is 18.1 Å². The van der Waals surface area contributed by atoms with Gasteiger partial charge in [-0.2, -0.15) is 16.1 Å². The molecule has 1 aromatic rings. The molecule has 1 heterocycles. The third kappa shape index (κ3) is 4.23. The van der Waals surface area contributed by atoms with Crippen LogP contribution in [0.3, 0.4) is 0 Å². The Labute approximate surface area is 115 Å². The Balaban J connectivity index is 2.55. The van der Waals surface area contributed by atoms with Crippen molar-refractivity contribution in [2.24, 2.45) is 0 Å². The molecule has 0 radical (unpaired) electrons. The summed E-state index contributed by atoms with van der Waals surface area (Å²) < 4.78 is 8.91. The van der Waals surface area contributed by atoms with Crippen molar-refractivity contribution in [1.29, 1.82) is 0 Å². The molecule has 0 spiro atoms. The molecule has 18 heavy (non-hydrogen) atoms. The first-order chi connectivity index (χ1) is 8.70. The second-order valence-corrected chi connectivity index (χ2v) is 5.21. The average molecular weight is 287 g/mol. The highest BCUT2D eigenvalue weighted by Gasteiger charge is 2.19. The maximum absolute atomic E-state index is 11.7. The number of ether oxygens (including phenoxy) is 1. The minimum absolute atomic E-state index is 0.222. The molecule has 0 aliphatic carbocycles. The van der Waals surface area contributed by atoms with Crippen molar-refractivity contribution in [3.05, 3.63) is 18.2 Å². The highest BCUT2D eigenvalue weighted by molar-refractivity contribution is 7.99. The molecule has 0 aromatic carbocycles. The number of hydrogen-bond donors (Lipinski definition) is 2. The molecule has 1 aromatic heterocycles. The van der Waals surface area contributed by atoms with E-state index in [4.69, 9.17) is 10.5 Å². The van der Waals surface area contributed by atoms with Gasteiger partial charge in [-0.3, -0.25) is 0 Å². The van der Waals surface area contributed by atoms with Crippen molar-refractivity contribution in [2.45, 2.75) is 6.92 Å². The number of nitrogens with one attached hydrogen (secondary N) is 1. The minimum atomic E-state index is -0.426. The molecule has 0 amide bonds. The number of rotatable bonds is 8. The SMILES string of the molecule is C=CCSCCNc1snc(N)c1C(=O)OCC. The first-order valence-corrected chi connectivity index (χ1v) is 7.48. The number of carbonyl (C=O) groups is 1. The summed E-state index contributed by atoms with van der Waals surface area (Å²) in [7, 11) is 0. The number of anilines is 2. The number of carbonyl (C=O) groups excluding carboxylic acids is 1. The van der Waals surface area contributed by atoms with Gasteiger partial charge in [-0.1, -0.05) is 6.08 Å². The molecular weight excluding hydrogens is 270 g/mol. The van der Waals surface area contributed by atoms with Crippen molar-refractivity contribution >= 4 is 40.1 Å². The van der Waals surface area contributed by atoms with Crippen LogP contribution in [-0.4, -0.2) is 35.0 Å². The van der Waals surface area contributed by atoms with Crippen molar-refractivity contribution in [2.75, 3.05) is 35.7 Å². The van der Waals surface area contributed by atoms with Gasteiger partial charge in [-0.15, -0.1) is 6.58 Å². The van der Waals surface area contributed by atoms with Crippen LogP contribution in [0.5, 0.6) is 0 Å². The summed E-state index contributed by atoms with van der Waals surface area (Å²) in [6.45, 7) is 6.47. The molecular formula is C11H17N3O2S2. The normalized spacial score (nSPS) is 10.1. The summed E-state index contributed by atoms with van der Waals surface area (Å²) in [5.74, 6) is 1.63. The van der Waals surface area contributed by atoms with E-state index in [0.29, 0.717) is 17.2 Å². The fraction of sp³-hybridized carbons (Fsp3) is 0.455. The van der Waals surface area contributed by atoms with Crippen LogP contribution >= 0.6 is 23.3 Å². The smallest absolute Gasteiger partial charge is 0.344 e. The standard InChI is InChI=1S/C11H17N3O2S2/c1-3-6-17-7-5-13-10-8(9(12)14-18-10)11(15)16-4-2/h3,13H,1,4-7H2,2H3,(H2,12,14). The van der Waals surface area contributed by atoms with Gasteiger partial charge in [0.05, 0.1) is 6.61 Å². The Morgan fingerprint density at radius 1 is 1.72 bits per heavy atom. The van der Waals surface area contributed by atoms with Crippen LogP contribution in [0.1, 0.15) is 17.3 Å². The summed E-state index contributed by atoms with van der Waals surface area (Å²) in [5.41, 5.74) is 6.01. The van der Waals surface area contributed by atoms with Crippen LogP contribution in [0.25, 0.3) is 0 Å².